The first-order chi connectivity index (χ1) is 5.24. The second-order valence-corrected chi connectivity index (χ2v) is 2.01. The molecule has 0 aliphatic heterocycles. The number of carbonyl (C=O) groups is 1. The van der Waals surface area contributed by atoms with Crippen molar-refractivity contribution in [2.75, 3.05) is 7.11 Å². The van der Waals surface area contributed by atoms with Gasteiger partial charge in [-0.05, 0) is 18.2 Å². The molecule has 1 rings (SSSR count). The van der Waals surface area contributed by atoms with E-state index in [1.54, 1.807) is 12.1 Å². The van der Waals surface area contributed by atoms with Crippen molar-refractivity contribution < 1.29 is 9.53 Å². The third-order valence-corrected chi connectivity index (χ3v) is 1.29. The van der Waals surface area contributed by atoms with Crippen LogP contribution in [-0.2, 0) is 0 Å². The molecule has 1 radical (unpaired) electrons. The summed E-state index contributed by atoms with van der Waals surface area (Å²) in [5, 5.41) is 0. The van der Waals surface area contributed by atoms with Gasteiger partial charge in [0.05, 0.1) is 7.11 Å². The maximum absolute atomic E-state index is 10.6. The van der Waals surface area contributed by atoms with E-state index >= 15 is 0 Å². The molecular formula is C8H8NO2. The Bertz CT molecular complexity index is 253. The second kappa shape index (κ2) is 3.05. The van der Waals surface area contributed by atoms with Crippen molar-refractivity contribution in [1.29, 1.82) is 0 Å². The summed E-state index contributed by atoms with van der Waals surface area (Å²) < 4.78 is 4.84. The standard InChI is InChI=1S/C8H8NO2/c1-11-7-4-2-6(3-5-7)8(9)10/h2-4H,1H3,(H2,9,10). The fourth-order valence-corrected chi connectivity index (χ4v) is 0.691. The number of amides is 1. The maximum Gasteiger partial charge on any atom is 0.248 e. The Balaban J connectivity index is 2.91. The van der Waals surface area contributed by atoms with E-state index in [0.29, 0.717) is 11.3 Å². The SMILES string of the molecule is COc1[c]cc(C(N)=O)cc1. The van der Waals surface area contributed by atoms with Crippen LogP contribution in [0.15, 0.2) is 18.2 Å². The molecule has 0 saturated carbocycles. The van der Waals surface area contributed by atoms with E-state index < -0.39 is 5.91 Å². The lowest BCUT2D eigenvalue weighted by atomic mass is 10.2. The zero-order valence-corrected chi connectivity index (χ0v) is 6.13. The van der Waals surface area contributed by atoms with Gasteiger partial charge in [-0.15, -0.1) is 0 Å². The molecule has 57 valence electrons. The molecule has 0 bridgehead atoms. The molecule has 1 amide bonds. The molecule has 0 aliphatic rings. The van der Waals surface area contributed by atoms with Crippen molar-refractivity contribution in [1.82, 2.24) is 0 Å². The molecule has 2 N–H and O–H groups in total. The van der Waals surface area contributed by atoms with Gasteiger partial charge in [0.15, 0.2) is 0 Å². The molecule has 0 aromatic heterocycles. The molecule has 1 aromatic rings. The van der Waals surface area contributed by atoms with Crippen LogP contribution in [0.3, 0.4) is 0 Å². The largest absolute Gasteiger partial charge is 0.496 e. The summed E-state index contributed by atoms with van der Waals surface area (Å²) in [6, 6.07) is 7.48. The zero-order valence-electron chi connectivity index (χ0n) is 6.13. The second-order valence-electron chi connectivity index (χ2n) is 2.01. The van der Waals surface area contributed by atoms with Crippen molar-refractivity contribution in [2.45, 2.75) is 0 Å². The van der Waals surface area contributed by atoms with Crippen LogP contribution in [0.25, 0.3) is 0 Å². The Morgan fingerprint density at radius 1 is 1.64 bits per heavy atom. The lowest BCUT2D eigenvalue weighted by Gasteiger charge is -1.98. The summed E-state index contributed by atoms with van der Waals surface area (Å²) in [6.07, 6.45) is 0. The van der Waals surface area contributed by atoms with Crippen LogP contribution in [0.5, 0.6) is 5.75 Å². The van der Waals surface area contributed by atoms with Crippen LogP contribution in [0, 0.1) is 6.07 Å². The van der Waals surface area contributed by atoms with Crippen molar-refractivity contribution in [2.24, 2.45) is 5.73 Å². The fourth-order valence-electron chi connectivity index (χ4n) is 0.691. The molecule has 0 saturated heterocycles. The Kier molecular flexibility index (Phi) is 2.11. The Morgan fingerprint density at radius 3 is 2.73 bits per heavy atom. The van der Waals surface area contributed by atoms with Crippen LogP contribution >= 0.6 is 0 Å². The van der Waals surface area contributed by atoms with E-state index in [0.717, 1.165) is 0 Å². The number of benzene rings is 1. The van der Waals surface area contributed by atoms with Crippen LogP contribution < -0.4 is 10.5 Å². The quantitative estimate of drug-likeness (QED) is 0.671. The molecule has 0 spiro atoms. The van der Waals surface area contributed by atoms with E-state index in [2.05, 4.69) is 6.07 Å². The number of methoxy groups -OCH3 is 1. The van der Waals surface area contributed by atoms with E-state index in [9.17, 15) is 4.79 Å². The van der Waals surface area contributed by atoms with E-state index in [1.807, 2.05) is 0 Å². The number of rotatable bonds is 2. The fraction of sp³-hybridized carbons (Fsp3) is 0.125. The number of primary amides is 1. The first kappa shape index (κ1) is 7.60. The molecule has 1 aromatic carbocycles. The Morgan fingerprint density at radius 2 is 2.36 bits per heavy atom. The topological polar surface area (TPSA) is 52.3 Å². The van der Waals surface area contributed by atoms with E-state index in [-0.39, 0.29) is 0 Å². The molecular weight excluding hydrogens is 142 g/mol. The van der Waals surface area contributed by atoms with Crippen molar-refractivity contribution >= 4 is 5.91 Å². The van der Waals surface area contributed by atoms with Gasteiger partial charge in [0.25, 0.3) is 0 Å². The highest BCUT2D eigenvalue weighted by atomic mass is 16.5. The normalized spacial score (nSPS) is 9.18. The molecule has 0 unspecified atom stereocenters. The highest BCUT2D eigenvalue weighted by Gasteiger charge is 1.98. The minimum Gasteiger partial charge on any atom is -0.496 e. The van der Waals surface area contributed by atoms with E-state index in [1.165, 1.54) is 13.2 Å². The molecule has 11 heavy (non-hydrogen) atoms. The lowest BCUT2D eigenvalue weighted by molar-refractivity contribution is 0.100. The van der Waals surface area contributed by atoms with Crippen LogP contribution in [0.1, 0.15) is 10.4 Å². The predicted molar refractivity (Wildman–Crippen MR) is 40.3 cm³/mol. The minimum atomic E-state index is -0.455. The number of carbonyl (C=O) groups excluding carboxylic acids is 1. The molecule has 3 heteroatoms. The minimum absolute atomic E-state index is 0.436. The summed E-state index contributed by atoms with van der Waals surface area (Å²) >= 11 is 0. The maximum atomic E-state index is 10.6. The molecule has 0 fully saturated rings. The molecule has 0 atom stereocenters. The first-order valence-electron chi connectivity index (χ1n) is 3.09. The van der Waals surface area contributed by atoms with Gasteiger partial charge in [-0.1, -0.05) is 0 Å². The van der Waals surface area contributed by atoms with Gasteiger partial charge >= 0.3 is 0 Å². The average Bonchev–Trinajstić information content (AvgIpc) is 2.05. The smallest absolute Gasteiger partial charge is 0.248 e. The average molecular weight is 150 g/mol. The van der Waals surface area contributed by atoms with Crippen molar-refractivity contribution in [3.05, 3.63) is 29.8 Å². The van der Waals surface area contributed by atoms with Gasteiger partial charge in [-0.2, -0.15) is 0 Å². The monoisotopic (exact) mass is 150 g/mol. The third kappa shape index (κ3) is 1.70. The van der Waals surface area contributed by atoms with Crippen molar-refractivity contribution in [3.63, 3.8) is 0 Å². The first-order valence-corrected chi connectivity index (χ1v) is 3.09. The van der Waals surface area contributed by atoms with Crippen LogP contribution in [-0.4, -0.2) is 13.0 Å². The summed E-state index contributed by atoms with van der Waals surface area (Å²) in [7, 11) is 1.54. The van der Waals surface area contributed by atoms with Crippen LogP contribution in [0.4, 0.5) is 0 Å². The number of hydrogen-bond acceptors (Lipinski definition) is 2. The van der Waals surface area contributed by atoms with Gasteiger partial charge < -0.3 is 10.5 Å². The van der Waals surface area contributed by atoms with Gasteiger partial charge in [0.2, 0.25) is 5.91 Å². The number of nitrogens with two attached hydrogens (primary N) is 1. The number of hydrogen-bond donors (Lipinski definition) is 1. The van der Waals surface area contributed by atoms with Gasteiger partial charge in [0.1, 0.15) is 5.75 Å². The summed E-state index contributed by atoms with van der Waals surface area (Å²) in [6.45, 7) is 0. The van der Waals surface area contributed by atoms with E-state index in [4.69, 9.17) is 10.5 Å². The van der Waals surface area contributed by atoms with Gasteiger partial charge in [0, 0.05) is 11.6 Å². The lowest BCUT2D eigenvalue weighted by Crippen LogP contribution is -2.10. The zero-order chi connectivity index (χ0) is 8.27. The summed E-state index contributed by atoms with van der Waals surface area (Å²) in [5.74, 6) is 0.138. The number of ether oxygens (including phenoxy) is 1. The van der Waals surface area contributed by atoms with Crippen molar-refractivity contribution in [3.8, 4) is 5.75 Å². The van der Waals surface area contributed by atoms with Crippen LogP contribution in [0.2, 0.25) is 0 Å². The molecule has 0 heterocycles. The van der Waals surface area contributed by atoms with Gasteiger partial charge in [-0.3, -0.25) is 4.79 Å². The molecule has 0 aliphatic carbocycles. The highest BCUT2D eigenvalue weighted by molar-refractivity contribution is 5.92. The predicted octanol–water partition coefficient (Wildman–Crippen LogP) is 0.594. The highest BCUT2D eigenvalue weighted by Crippen LogP contribution is 2.09. The summed E-state index contributed by atoms with van der Waals surface area (Å²) in [5.41, 5.74) is 5.44. The Labute approximate surface area is 64.8 Å². The Hall–Kier alpha value is -1.51. The summed E-state index contributed by atoms with van der Waals surface area (Å²) in [4.78, 5) is 10.6. The molecule has 3 nitrogen and oxygen atoms in total. The van der Waals surface area contributed by atoms with Gasteiger partial charge in [-0.25, -0.2) is 0 Å². The third-order valence-electron chi connectivity index (χ3n) is 1.29.